The number of nitriles is 1. The quantitative estimate of drug-likeness (QED) is 0.436. The fourth-order valence-electron chi connectivity index (χ4n) is 2.73. The van der Waals surface area contributed by atoms with Crippen molar-refractivity contribution in [1.82, 2.24) is 0 Å². The Labute approximate surface area is 168 Å². The normalized spacial score (nSPS) is 11.1. The molecule has 0 aliphatic heterocycles. The average Bonchev–Trinajstić information content (AvgIpc) is 3.07. The van der Waals surface area contributed by atoms with Gasteiger partial charge >= 0.3 is 0 Å². The van der Waals surface area contributed by atoms with E-state index in [2.05, 4.69) is 5.32 Å². The number of aryl methyl sites for hydroxylation is 3. The lowest BCUT2D eigenvalue weighted by Crippen LogP contribution is -2.13. The predicted molar refractivity (Wildman–Crippen MR) is 112 cm³/mol. The van der Waals surface area contributed by atoms with Gasteiger partial charge in [0.15, 0.2) is 5.09 Å². The van der Waals surface area contributed by atoms with E-state index in [4.69, 9.17) is 4.42 Å². The first-order valence-electron chi connectivity index (χ1n) is 8.79. The SMILES string of the molecule is Cc1ccc(Sc2ccc(/C=C(/C#N)C(=O)Nc3cc(C)cc(C)c3)o2)cc1. The van der Waals surface area contributed by atoms with Gasteiger partial charge in [-0.2, -0.15) is 5.26 Å². The summed E-state index contributed by atoms with van der Waals surface area (Å²) in [6, 6.07) is 19.4. The first-order valence-corrected chi connectivity index (χ1v) is 9.60. The molecule has 0 saturated carbocycles. The van der Waals surface area contributed by atoms with Gasteiger partial charge in [-0.3, -0.25) is 4.79 Å². The maximum atomic E-state index is 12.5. The van der Waals surface area contributed by atoms with Gasteiger partial charge < -0.3 is 9.73 Å². The molecule has 0 saturated heterocycles. The van der Waals surface area contributed by atoms with E-state index >= 15 is 0 Å². The number of nitrogens with zero attached hydrogens (tertiary/aromatic N) is 1. The lowest BCUT2D eigenvalue weighted by atomic mass is 10.1. The number of anilines is 1. The Morgan fingerprint density at radius 3 is 2.32 bits per heavy atom. The number of rotatable bonds is 5. The van der Waals surface area contributed by atoms with Crippen molar-refractivity contribution in [2.45, 2.75) is 30.8 Å². The highest BCUT2D eigenvalue weighted by atomic mass is 32.2. The monoisotopic (exact) mass is 388 g/mol. The molecule has 2 aromatic carbocycles. The molecule has 1 heterocycles. The van der Waals surface area contributed by atoms with Gasteiger partial charge in [0, 0.05) is 16.7 Å². The Kier molecular flexibility index (Phi) is 6.03. The molecule has 0 radical (unpaired) electrons. The fraction of sp³-hybridized carbons (Fsp3) is 0.130. The van der Waals surface area contributed by atoms with Crippen LogP contribution in [0.2, 0.25) is 0 Å². The lowest BCUT2D eigenvalue weighted by Gasteiger charge is -2.06. The molecule has 0 bridgehead atoms. The summed E-state index contributed by atoms with van der Waals surface area (Å²) in [6.07, 6.45) is 1.46. The molecule has 3 aromatic rings. The van der Waals surface area contributed by atoms with E-state index in [1.54, 1.807) is 6.07 Å². The smallest absolute Gasteiger partial charge is 0.266 e. The topological polar surface area (TPSA) is 66.0 Å². The highest BCUT2D eigenvalue weighted by Gasteiger charge is 2.12. The number of benzene rings is 2. The Morgan fingerprint density at radius 2 is 1.68 bits per heavy atom. The number of carbonyl (C=O) groups is 1. The van der Waals surface area contributed by atoms with Crippen LogP contribution in [-0.4, -0.2) is 5.91 Å². The van der Waals surface area contributed by atoms with Crippen molar-refractivity contribution < 1.29 is 9.21 Å². The van der Waals surface area contributed by atoms with E-state index in [1.165, 1.54) is 23.4 Å². The van der Waals surface area contributed by atoms with Crippen molar-refractivity contribution >= 4 is 29.4 Å². The van der Waals surface area contributed by atoms with Gasteiger partial charge in [0.1, 0.15) is 17.4 Å². The fourth-order valence-corrected chi connectivity index (χ4v) is 3.50. The molecule has 3 rings (SSSR count). The van der Waals surface area contributed by atoms with Gasteiger partial charge in [-0.05, 0) is 68.3 Å². The van der Waals surface area contributed by atoms with Crippen LogP contribution < -0.4 is 5.32 Å². The van der Waals surface area contributed by atoms with Crippen LogP contribution in [0.15, 0.2) is 74.6 Å². The largest absolute Gasteiger partial charge is 0.450 e. The van der Waals surface area contributed by atoms with Crippen LogP contribution in [-0.2, 0) is 4.79 Å². The van der Waals surface area contributed by atoms with Crippen LogP contribution in [0.1, 0.15) is 22.5 Å². The Balaban J connectivity index is 1.73. The first-order chi connectivity index (χ1) is 13.4. The second kappa shape index (κ2) is 8.64. The van der Waals surface area contributed by atoms with E-state index in [9.17, 15) is 10.1 Å². The molecule has 4 nitrogen and oxygen atoms in total. The number of nitrogens with one attached hydrogen (secondary N) is 1. The molecule has 0 spiro atoms. The van der Waals surface area contributed by atoms with Crippen LogP contribution in [0.4, 0.5) is 5.69 Å². The number of hydrogen-bond acceptors (Lipinski definition) is 4. The maximum absolute atomic E-state index is 12.5. The Morgan fingerprint density at radius 1 is 1.00 bits per heavy atom. The van der Waals surface area contributed by atoms with E-state index in [0.717, 1.165) is 16.0 Å². The standard InChI is InChI=1S/C23H20N2O2S/c1-15-4-7-21(8-5-15)28-22-9-6-20(27-22)13-18(14-24)23(26)25-19-11-16(2)10-17(3)12-19/h4-13H,1-3H3,(H,25,26)/b18-13-. The summed E-state index contributed by atoms with van der Waals surface area (Å²) in [6.45, 7) is 5.95. The first kappa shape index (κ1) is 19.5. The number of furan rings is 1. The lowest BCUT2D eigenvalue weighted by molar-refractivity contribution is -0.112. The van der Waals surface area contributed by atoms with Crippen molar-refractivity contribution in [1.29, 1.82) is 5.26 Å². The van der Waals surface area contributed by atoms with Crippen molar-refractivity contribution in [3.05, 3.63) is 82.6 Å². The molecule has 1 aromatic heterocycles. The van der Waals surface area contributed by atoms with Gasteiger partial charge in [-0.15, -0.1) is 0 Å². The molecule has 28 heavy (non-hydrogen) atoms. The molecule has 0 atom stereocenters. The summed E-state index contributed by atoms with van der Waals surface area (Å²) in [4.78, 5) is 13.5. The molecular formula is C23H20N2O2S. The zero-order valence-corrected chi connectivity index (χ0v) is 16.8. The minimum Gasteiger partial charge on any atom is -0.450 e. The number of amides is 1. The van der Waals surface area contributed by atoms with Crippen LogP contribution in [0.5, 0.6) is 0 Å². The van der Waals surface area contributed by atoms with Crippen LogP contribution in [0, 0.1) is 32.1 Å². The second-order valence-corrected chi connectivity index (χ2v) is 7.65. The van der Waals surface area contributed by atoms with E-state index < -0.39 is 5.91 Å². The van der Waals surface area contributed by atoms with Gasteiger partial charge in [-0.1, -0.05) is 35.5 Å². The second-order valence-electron chi connectivity index (χ2n) is 6.57. The van der Waals surface area contributed by atoms with Crippen LogP contribution in [0.25, 0.3) is 6.08 Å². The average molecular weight is 388 g/mol. The highest BCUT2D eigenvalue weighted by Crippen LogP contribution is 2.30. The summed E-state index contributed by atoms with van der Waals surface area (Å²) in [5.41, 5.74) is 3.93. The number of hydrogen-bond donors (Lipinski definition) is 1. The van der Waals surface area contributed by atoms with E-state index in [1.807, 2.05) is 75.4 Å². The third kappa shape index (κ3) is 5.15. The minimum absolute atomic E-state index is 0.0135. The third-order valence-corrected chi connectivity index (χ3v) is 4.90. The molecule has 1 N–H and O–H groups in total. The van der Waals surface area contributed by atoms with E-state index in [-0.39, 0.29) is 5.57 Å². The Hall–Kier alpha value is -3.23. The number of carbonyl (C=O) groups excluding carboxylic acids is 1. The summed E-state index contributed by atoms with van der Waals surface area (Å²) in [5.74, 6) is -0.00151. The summed E-state index contributed by atoms with van der Waals surface area (Å²) in [7, 11) is 0. The van der Waals surface area contributed by atoms with Crippen LogP contribution in [0.3, 0.4) is 0 Å². The molecule has 0 unspecified atom stereocenters. The summed E-state index contributed by atoms with van der Waals surface area (Å²) < 4.78 is 5.74. The van der Waals surface area contributed by atoms with Crippen molar-refractivity contribution in [3.63, 3.8) is 0 Å². The minimum atomic E-state index is -0.461. The summed E-state index contributed by atoms with van der Waals surface area (Å²) >= 11 is 1.49. The molecule has 140 valence electrons. The Bertz CT molecular complexity index is 1050. The molecule has 0 aliphatic rings. The molecule has 5 heteroatoms. The van der Waals surface area contributed by atoms with Crippen molar-refractivity contribution in [2.24, 2.45) is 0 Å². The van der Waals surface area contributed by atoms with Gasteiger partial charge in [0.05, 0.1) is 0 Å². The predicted octanol–water partition coefficient (Wildman–Crippen LogP) is 5.90. The van der Waals surface area contributed by atoms with E-state index in [0.29, 0.717) is 16.5 Å². The molecular weight excluding hydrogens is 368 g/mol. The summed E-state index contributed by atoms with van der Waals surface area (Å²) in [5, 5.41) is 12.9. The van der Waals surface area contributed by atoms with Crippen molar-refractivity contribution in [2.75, 3.05) is 5.32 Å². The molecule has 0 aliphatic carbocycles. The van der Waals surface area contributed by atoms with Gasteiger partial charge in [0.2, 0.25) is 0 Å². The zero-order valence-electron chi connectivity index (χ0n) is 15.9. The molecule has 1 amide bonds. The van der Waals surface area contributed by atoms with Crippen molar-refractivity contribution in [3.8, 4) is 6.07 Å². The maximum Gasteiger partial charge on any atom is 0.266 e. The zero-order chi connectivity index (χ0) is 20.1. The van der Waals surface area contributed by atoms with Crippen LogP contribution >= 0.6 is 11.8 Å². The van der Waals surface area contributed by atoms with Gasteiger partial charge in [0.25, 0.3) is 5.91 Å². The molecule has 0 fully saturated rings. The highest BCUT2D eigenvalue weighted by molar-refractivity contribution is 7.99. The third-order valence-electron chi connectivity index (χ3n) is 3.97. The van der Waals surface area contributed by atoms with Gasteiger partial charge in [-0.25, -0.2) is 0 Å².